The van der Waals surface area contributed by atoms with Crippen LogP contribution in [0.4, 0.5) is 0 Å². The lowest BCUT2D eigenvalue weighted by atomic mass is 9.80. The molecule has 0 aromatic carbocycles. The highest BCUT2D eigenvalue weighted by Crippen LogP contribution is 2.34. The molecular formula is C10H13ClO2S. The van der Waals surface area contributed by atoms with E-state index in [9.17, 15) is 9.90 Å². The van der Waals surface area contributed by atoms with Gasteiger partial charge in [-0.2, -0.15) is 0 Å². The molecule has 0 radical (unpaired) electrons. The second-order valence-corrected chi connectivity index (χ2v) is 5.07. The van der Waals surface area contributed by atoms with Crippen LogP contribution in [-0.2, 0) is 10.2 Å². The van der Waals surface area contributed by atoms with E-state index in [2.05, 4.69) is 0 Å². The number of thiophene rings is 1. The maximum Gasteiger partial charge on any atom is 0.313 e. The van der Waals surface area contributed by atoms with Gasteiger partial charge in [-0.25, -0.2) is 0 Å². The van der Waals surface area contributed by atoms with E-state index in [-0.39, 0.29) is 0 Å². The van der Waals surface area contributed by atoms with Crippen molar-refractivity contribution in [1.82, 2.24) is 0 Å². The van der Waals surface area contributed by atoms with Crippen molar-refractivity contribution in [2.75, 3.05) is 0 Å². The topological polar surface area (TPSA) is 37.3 Å². The first-order valence-corrected chi connectivity index (χ1v) is 5.74. The average molecular weight is 233 g/mol. The number of rotatable bonds is 4. The number of carbonyl (C=O) groups is 1. The van der Waals surface area contributed by atoms with Gasteiger partial charge in [0.1, 0.15) is 0 Å². The van der Waals surface area contributed by atoms with E-state index in [4.69, 9.17) is 11.6 Å². The number of carboxylic acids is 1. The van der Waals surface area contributed by atoms with Gasteiger partial charge in [-0.15, -0.1) is 11.3 Å². The molecule has 1 aromatic heterocycles. The van der Waals surface area contributed by atoms with Crippen molar-refractivity contribution in [3.8, 4) is 0 Å². The highest BCUT2D eigenvalue weighted by atomic mass is 35.5. The number of hydrogen-bond donors (Lipinski definition) is 1. The van der Waals surface area contributed by atoms with Gasteiger partial charge < -0.3 is 5.11 Å². The molecule has 1 rings (SSSR count). The molecule has 0 amide bonds. The maximum atomic E-state index is 11.2. The van der Waals surface area contributed by atoms with Crippen LogP contribution in [0.1, 0.15) is 32.3 Å². The van der Waals surface area contributed by atoms with Crippen LogP contribution in [0.5, 0.6) is 0 Å². The third-order valence-electron chi connectivity index (χ3n) is 2.43. The first kappa shape index (κ1) is 11.5. The van der Waals surface area contributed by atoms with Crippen LogP contribution in [-0.4, -0.2) is 11.1 Å². The summed E-state index contributed by atoms with van der Waals surface area (Å²) >= 11 is 7.17. The van der Waals surface area contributed by atoms with Crippen molar-refractivity contribution in [1.29, 1.82) is 0 Å². The van der Waals surface area contributed by atoms with Crippen molar-refractivity contribution in [2.24, 2.45) is 0 Å². The van der Waals surface area contributed by atoms with Crippen molar-refractivity contribution >= 4 is 28.9 Å². The molecule has 0 aliphatic heterocycles. The second kappa shape index (κ2) is 4.32. The Bertz CT molecular complexity index is 335. The lowest BCUT2D eigenvalue weighted by Crippen LogP contribution is -2.31. The summed E-state index contributed by atoms with van der Waals surface area (Å²) in [5.41, 5.74) is 0.0140. The Morgan fingerprint density at radius 1 is 1.71 bits per heavy atom. The van der Waals surface area contributed by atoms with Gasteiger partial charge in [-0.05, 0) is 30.4 Å². The van der Waals surface area contributed by atoms with Crippen molar-refractivity contribution in [3.63, 3.8) is 0 Å². The summed E-state index contributed by atoms with van der Waals surface area (Å²) in [4.78, 5) is 11.2. The van der Waals surface area contributed by atoms with Crippen LogP contribution < -0.4 is 0 Å². The van der Waals surface area contributed by atoms with Crippen LogP contribution in [0.3, 0.4) is 0 Å². The third-order valence-corrected chi connectivity index (χ3v) is 3.52. The average Bonchev–Trinajstić information content (AvgIpc) is 2.52. The molecule has 0 saturated heterocycles. The molecule has 14 heavy (non-hydrogen) atoms. The van der Waals surface area contributed by atoms with Gasteiger partial charge in [0, 0.05) is 0 Å². The van der Waals surface area contributed by atoms with Gasteiger partial charge in [0.25, 0.3) is 0 Å². The molecule has 0 fully saturated rings. The van der Waals surface area contributed by atoms with Gasteiger partial charge in [0.15, 0.2) is 0 Å². The van der Waals surface area contributed by atoms with Gasteiger partial charge in [-0.3, -0.25) is 4.79 Å². The molecule has 0 unspecified atom stereocenters. The molecule has 1 atom stereocenters. The zero-order chi connectivity index (χ0) is 10.8. The summed E-state index contributed by atoms with van der Waals surface area (Å²) in [5.74, 6) is -0.784. The van der Waals surface area contributed by atoms with Crippen LogP contribution in [0.25, 0.3) is 0 Å². The molecule has 78 valence electrons. The summed E-state index contributed by atoms with van der Waals surface area (Å²) in [5, 5.41) is 11.0. The molecule has 0 aliphatic carbocycles. The molecule has 1 N–H and O–H groups in total. The van der Waals surface area contributed by atoms with Crippen molar-refractivity contribution < 1.29 is 9.90 Å². The highest BCUT2D eigenvalue weighted by Gasteiger charge is 2.34. The smallest absolute Gasteiger partial charge is 0.313 e. The molecular weight excluding hydrogens is 220 g/mol. The summed E-state index contributed by atoms with van der Waals surface area (Å²) in [7, 11) is 0. The van der Waals surface area contributed by atoms with E-state index >= 15 is 0 Å². The molecule has 0 bridgehead atoms. The zero-order valence-corrected chi connectivity index (χ0v) is 9.78. The predicted molar refractivity (Wildman–Crippen MR) is 59.2 cm³/mol. The minimum atomic E-state index is -0.793. The lowest BCUT2D eigenvalue weighted by molar-refractivity contribution is -0.143. The van der Waals surface area contributed by atoms with E-state index in [1.165, 1.54) is 11.3 Å². The fraction of sp³-hybridized carbons (Fsp3) is 0.500. The summed E-state index contributed by atoms with van der Waals surface area (Å²) in [6.07, 6.45) is 1.48. The second-order valence-electron chi connectivity index (χ2n) is 3.53. The normalized spacial score (nSPS) is 15.1. The van der Waals surface area contributed by atoms with Gasteiger partial charge >= 0.3 is 5.97 Å². The zero-order valence-electron chi connectivity index (χ0n) is 8.21. The maximum absolute atomic E-state index is 11.2. The number of carboxylic acid groups (broad SMARTS) is 1. The fourth-order valence-electron chi connectivity index (χ4n) is 1.47. The van der Waals surface area contributed by atoms with E-state index < -0.39 is 11.4 Å². The van der Waals surface area contributed by atoms with E-state index in [1.54, 1.807) is 13.0 Å². The molecule has 4 heteroatoms. The Labute approximate surface area is 92.5 Å². The Balaban J connectivity index is 3.05. The largest absolute Gasteiger partial charge is 0.481 e. The quantitative estimate of drug-likeness (QED) is 0.862. The fourth-order valence-corrected chi connectivity index (χ4v) is 2.49. The lowest BCUT2D eigenvalue weighted by Gasteiger charge is -2.23. The van der Waals surface area contributed by atoms with Crippen LogP contribution in [0, 0.1) is 0 Å². The first-order valence-electron chi connectivity index (χ1n) is 4.48. The van der Waals surface area contributed by atoms with Gasteiger partial charge in [-0.1, -0.05) is 24.9 Å². The molecule has 0 saturated carbocycles. The van der Waals surface area contributed by atoms with Crippen molar-refractivity contribution in [3.05, 3.63) is 21.3 Å². The van der Waals surface area contributed by atoms with Gasteiger partial charge in [0.05, 0.1) is 9.75 Å². The molecule has 1 heterocycles. The molecule has 2 nitrogen and oxygen atoms in total. The monoisotopic (exact) mass is 232 g/mol. The van der Waals surface area contributed by atoms with Crippen LogP contribution >= 0.6 is 22.9 Å². The predicted octanol–water partition coefficient (Wildman–Crippen LogP) is 3.54. The van der Waals surface area contributed by atoms with Crippen LogP contribution in [0.15, 0.2) is 11.4 Å². The van der Waals surface area contributed by atoms with Crippen LogP contribution in [0.2, 0.25) is 4.34 Å². The Morgan fingerprint density at radius 2 is 2.36 bits per heavy atom. The standard InChI is InChI=1S/C10H13ClO2S/c1-3-4-10(2,9(12)13)7-5-8(11)14-6-7/h5-6H,3-4H2,1-2H3,(H,12,13)/t10-/m0/s1. The SMILES string of the molecule is CCC[C@](C)(C(=O)O)c1csc(Cl)c1. The molecule has 0 spiro atoms. The van der Waals surface area contributed by atoms with Gasteiger partial charge in [0.2, 0.25) is 0 Å². The van der Waals surface area contributed by atoms with E-state index in [0.717, 1.165) is 12.0 Å². The Kier molecular flexibility index (Phi) is 3.56. The number of aliphatic carboxylic acids is 1. The number of hydrogen-bond acceptors (Lipinski definition) is 2. The summed E-state index contributed by atoms with van der Waals surface area (Å²) in [6, 6.07) is 1.75. The number of halogens is 1. The summed E-state index contributed by atoms with van der Waals surface area (Å²) < 4.78 is 0.642. The third kappa shape index (κ3) is 2.10. The van der Waals surface area contributed by atoms with E-state index in [0.29, 0.717) is 10.8 Å². The Hall–Kier alpha value is -0.540. The molecule has 1 aromatic rings. The minimum absolute atomic E-state index is 0.634. The van der Waals surface area contributed by atoms with Crippen molar-refractivity contribution in [2.45, 2.75) is 32.1 Å². The van der Waals surface area contributed by atoms with E-state index in [1.807, 2.05) is 12.3 Å². The minimum Gasteiger partial charge on any atom is -0.481 e. The highest BCUT2D eigenvalue weighted by molar-refractivity contribution is 7.14. The Morgan fingerprint density at radius 3 is 2.71 bits per heavy atom. The summed E-state index contributed by atoms with van der Waals surface area (Å²) in [6.45, 7) is 3.73. The molecule has 0 aliphatic rings. The first-order chi connectivity index (χ1) is 6.50.